The molecule has 1 saturated heterocycles. The third kappa shape index (κ3) is 3.12. The van der Waals surface area contributed by atoms with Gasteiger partial charge in [0.25, 0.3) is 0 Å². The highest BCUT2D eigenvalue weighted by atomic mass is 15.2. The zero-order valence-electron chi connectivity index (χ0n) is 13.4. The van der Waals surface area contributed by atoms with E-state index < -0.39 is 0 Å². The van der Waals surface area contributed by atoms with Crippen LogP contribution in [-0.2, 0) is 6.54 Å². The second kappa shape index (κ2) is 5.78. The Morgan fingerprint density at radius 3 is 2.71 bits per heavy atom. The summed E-state index contributed by atoms with van der Waals surface area (Å²) in [5.74, 6) is 0. The summed E-state index contributed by atoms with van der Waals surface area (Å²) >= 11 is 0. The van der Waals surface area contributed by atoms with Crippen molar-refractivity contribution in [3.63, 3.8) is 0 Å². The summed E-state index contributed by atoms with van der Waals surface area (Å²) in [7, 11) is 0. The van der Waals surface area contributed by atoms with Gasteiger partial charge in [0.1, 0.15) is 0 Å². The van der Waals surface area contributed by atoms with Gasteiger partial charge >= 0.3 is 0 Å². The Morgan fingerprint density at radius 2 is 1.90 bits per heavy atom. The fourth-order valence-corrected chi connectivity index (χ4v) is 3.45. The second-order valence-electron chi connectivity index (χ2n) is 6.87. The minimum Gasteiger partial charge on any atom is -0.309 e. The van der Waals surface area contributed by atoms with Crippen LogP contribution in [0.4, 0.5) is 0 Å². The van der Waals surface area contributed by atoms with Gasteiger partial charge in [-0.25, -0.2) is 0 Å². The Hall–Kier alpha value is -1.38. The summed E-state index contributed by atoms with van der Waals surface area (Å²) in [6.45, 7) is 10.1. The Morgan fingerprint density at radius 1 is 1.14 bits per heavy atom. The van der Waals surface area contributed by atoms with Crippen LogP contribution < -0.4 is 5.32 Å². The molecule has 0 amide bonds. The van der Waals surface area contributed by atoms with E-state index in [1.807, 2.05) is 0 Å². The molecule has 2 nitrogen and oxygen atoms in total. The van der Waals surface area contributed by atoms with Gasteiger partial charge in [0.05, 0.1) is 0 Å². The molecule has 1 fully saturated rings. The van der Waals surface area contributed by atoms with E-state index in [9.17, 15) is 0 Å². The van der Waals surface area contributed by atoms with Crippen molar-refractivity contribution in [1.82, 2.24) is 10.2 Å². The summed E-state index contributed by atoms with van der Waals surface area (Å²) in [5, 5.41) is 6.41. The van der Waals surface area contributed by atoms with Gasteiger partial charge in [0, 0.05) is 31.2 Å². The quantitative estimate of drug-likeness (QED) is 0.921. The Labute approximate surface area is 128 Å². The molecule has 1 aliphatic heterocycles. The monoisotopic (exact) mass is 282 g/mol. The molecular weight excluding hydrogens is 256 g/mol. The van der Waals surface area contributed by atoms with E-state index in [1.165, 1.54) is 22.8 Å². The third-order valence-corrected chi connectivity index (χ3v) is 4.66. The van der Waals surface area contributed by atoms with Crippen molar-refractivity contribution in [2.45, 2.75) is 45.3 Å². The molecule has 1 N–H and O–H groups in total. The standard InChI is InChI=1S/C19H26N2/c1-4-17-12-20-19(2,3)14-21(17)13-16-10-7-9-15-8-5-6-11-18(15)16/h5-11,17,20H,4,12-14H2,1-3H3. The van der Waals surface area contributed by atoms with E-state index in [0.29, 0.717) is 6.04 Å². The molecule has 0 aromatic heterocycles. The molecule has 2 aromatic carbocycles. The molecule has 3 rings (SSSR count). The SMILES string of the molecule is CCC1CNC(C)(C)CN1Cc1cccc2ccccc12. The van der Waals surface area contributed by atoms with Crippen molar-refractivity contribution in [3.8, 4) is 0 Å². The van der Waals surface area contributed by atoms with Gasteiger partial charge in [0.2, 0.25) is 0 Å². The number of nitrogens with zero attached hydrogens (tertiary/aromatic N) is 1. The molecule has 112 valence electrons. The molecule has 1 unspecified atom stereocenters. The molecule has 0 bridgehead atoms. The predicted molar refractivity (Wildman–Crippen MR) is 90.5 cm³/mol. The fourth-order valence-electron chi connectivity index (χ4n) is 3.45. The molecule has 2 aromatic rings. The van der Waals surface area contributed by atoms with Crippen molar-refractivity contribution < 1.29 is 0 Å². The molecule has 1 atom stereocenters. The number of hydrogen-bond donors (Lipinski definition) is 1. The lowest BCUT2D eigenvalue weighted by molar-refractivity contribution is 0.0862. The highest BCUT2D eigenvalue weighted by molar-refractivity contribution is 5.85. The molecule has 0 aliphatic carbocycles. The van der Waals surface area contributed by atoms with Gasteiger partial charge in [-0.15, -0.1) is 0 Å². The number of fused-ring (bicyclic) bond motifs is 1. The van der Waals surface area contributed by atoms with Crippen molar-refractivity contribution in [2.75, 3.05) is 13.1 Å². The molecule has 21 heavy (non-hydrogen) atoms. The van der Waals surface area contributed by atoms with Crippen molar-refractivity contribution in [1.29, 1.82) is 0 Å². The largest absolute Gasteiger partial charge is 0.309 e. The van der Waals surface area contributed by atoms with Crippen LogP contribution in [0.5, 0.6) is 0 Å². The molecule has 0 spiro atoms. The zero-order chi connectivity index (χ0) is 14.9. The summed E-state index contributed by atoms with van der Waals surface area (Å²) in [6.07, 6.45) is 1.20. The van der Waals surface area contributed by atoms with Crippen LogP contribution in [0.15, 0.2) is 42.5 Å². The summed E-state index contributed by atoms with van der Waals surface area (Å²) in [6, 6.07) is 16.0. The van der Waals surface area contributed by atoms with Crippen LogP contribution in [-0.4, -0.2) is 29.6 Å². The molecule has 1 aliphatic rings. The summed E-state index contributed by atoms with van der Waals surface area (Å²) in [5.41, 5.74) is 1.65. The lowest BCUT2D eigenvalue weighted by Crippen LogP contribution is -2.60. The molecular formula is C19H26N2. The van der Waals surface area contributed by atoms with E-state index in [1.54, 1.807) is 0 Å². The van der Waals surface area contributed by atoms with Crippen LogP contribution in [0.2, 0.25) is 0 Å². The van der Waals surface area contributed by atoms with E-state index in [2.05, 4.69) is 73.5 Å². The van der Waals surface area contributed by atoms with Gasteiger partial charge in [-0.1, -0.05) is 49.4 Å². The van der Waals surface area contributed by atoms with Gasteiger partial charge in [-0.3, -0.25) is 4.90 Å². The minimum atomic E-state index is 0.205. The maximum Gasteiger partial charge on any atom is 0.0253 e. The molecule has 0 saturated carbocycles. The molecule has 2 heteroatoms. The van der Waals surface area contributed by atoms with E-state index in [4.69, 9.17) is 0 Å². The first-order valence-electron chi connectivity index (χ1n) is 8.05. The fraction of sp³-hybridized carbons (Fsp3) is 0.474. The zero-order valence-corrected chi connectivity index (χ0v) is 13.4. The number of nitrogens with one attached hydrogen (secondary N) is 1. The summed E-state index contributed by atoms with van der Waals surface area (Å²) < 4.78 is 0. The maximum atomic E-state index is 3.67. The minimum absolute atomic E-state index is 0.205. The van der Waals surface area contributed by atoms with E-state index >= 15 is 0 Å². The average Bonchev–Trinajstić information content (AvgIpc) is 2.47. The second-order valence-corrected chi connectivity index (χ2v) is 6.87. The lowest BCUT2D eigenvalue weighted by Gasteiger charge is -2.44. The van der Waals surface area contributed by atoms with Gasteiger partial charge in [0.15, 0.2) is 0 Å². The van der Waals surface area contributed by atoms with Crippen LogP contribution in [0.25, 0.3) is 10.8 Å². The molecule has 1 heterocycles. The van der Waals surface area contributed by atoms with Crippen LogP contribution in [0.3, 0.4) is 0 Å². The number of piperazine rings is 1. The van der Waals surface area contributed by atoms with Crippen LogP contribution in [0, 0.1) is 0 Å². The lowest BCUT2D eigenvalue weighted by atomic mass is 9.96. The topological polar surface area (TPSA) is 15.3 Å². The van der Waals surface area contributed by atoms with Crippen LogP contribution in [0.1, 0.15) is 32.8 Å². The Balaban J connectivity index is 1.89. The Bertz CT molecular complexity index is 612. The van der Waals surface area contributed by atoms with E-state index in [-0.39, 0.29) is 5.54 Å². The van der Waals surface area contributed by atoms with Crippen molar-refractivity contribution in [2.24, 2.45) is 0 Å². The smallest absolute Gasteiger partial charge is 0.0253 e. The van der Waals surface area contributed by atoms with Crippen molar-refractivity contribution in [3.05, 3.63) is 48.0 Å². The number of benzene rings is 2. The first-order chi connectivity index (χ1) is 10.1. The highest BCUT2D eigenvalue weighted by Crippen LogP contribution is 2.24. The van der Waals surface area contributed by atoms with Crippen molar-refractivity contribution >= 4 is 10.8 Å². The van der Waals surface area contributed by atoms with Gasteiger partial charge < -0.3 is 5.32 Å². The van der Waals surface area contributed by atoms with Gasteiger partial charge in [-0.2, -0.15) is 0 Å². The number of rotatable bonds is 3. The summed E-state index contributed by atoms with van der Waals surface area (Å²) in [4.78, 5) is 2.65. The normalized spacial score (nSPS) is 22.5. The third-order valence-electron chi connectivity index (χ3n) is 4.66. The average molecular weight is 282 g/mol. The number of hydrogen-bond acceptors (Lipinski definition) is 2. The first-order valence-corrected chi connectivity index (χ1v) is 8.05. The highest BCUT2D eigenvalue weighted by Gasteiger charge is 2.31. The molecule has 0 radical (unpaired) electrons. The Kier molecular flexibility index (Phi) is 4.01. The van der Waals surface area contributed by atoms with Gasteiger partial charge in [-0.05, 0) is 36.6 Å². The maximum absolute atomic E-state index is 3.67. The first kappa shape index (κ1) is 14.6. The van der Waals surface area contributed by atoms with Crippen LogP contribution >= 0.6 is 0 Å². The predicted octanol–water partition coefficient (Wildman–Crippen LogP) is 3.80. The van der Waals surface area contributed by atoms with E-state index in [0.717, 1.165) is 19.6 Å².